The Morgan fingerprint density at radius 1 is 1.42 bits per heavy atom. The molecule has 0 saturated heterocycles. The van der Waals surface area contributed by atoms with Crippen LogP contribution in [0.3, 0.4) is 0 Å². The standard InChI is InChI=1S/C6H7N5O/c7-5-4-6(9-1-8-5)10-2-11(4)3-12/h1-2,12H,3H2,(H2,7,8,9). The van der Waals surface area contributed by atoms with E-state index in [-0.39, 0.29) is 6.73 Å². The van der Waals surface area contributed by atoms with E-state index in [1.165, 1.54) is 17.2 Å². The summed E-state index contributed by atoms with van der Waals surface area (Å²) >= 11 is 0. The maximum Gasteiger partial charge on any atom is 0.183 e. The first-order valence-electron chi connectivity index (χ1n) is 3.35. The van der Waals surface area contributed by atoms with Crippen LogP contribution in [-0.2, 0) is 6.73 Å². The van der Waals surface area contributed by atoms with Gasteiger partial charge in [-0.05, 0) is 0 Å². The van der Waals surface area contributed by atoms with Gasteiger partial charge in [-0.1, -0.05) is 0 Å². The van der Waals surface area contributed by atoms with E-state index in [9.17, 15) is 0 Å². The Kier molecular flexibility index (Phi) is 1.41. The molecule has 2 rings (SSSR count). The third-order valence-corrected chi connectivity index (χ3v) is 1.59. The van der Waals surface area contributed by atoms with Crippen molar-refractivity contribution in [2.24, 2.45) is 0 Å². The van der Waals surface area contributed by atoms with Crippen molar-refractivity contribution in [1.82, 2.24) is 19.5 Å². The van der Waals surface area contributed by atoms with Gasteiger partial charge >= 0.3 is 0 Å². The second-order valence-electron chi connectivity index (χ2n) is 2.29. The lowest BCUT2D eigenvalue weighted by molar-refractivity contribution is 0.215. The van der Waals surface area contributed by atoms with E-state index in [0.717, 1.165) is 0 Å². The molecule has 0 radical (unpaired) electrons. The molecule has 2 aromatic heterocycles. The zero-order valence-corrected chi connectivity index (χ0v) is 6.18. The molecule has 0 bridgehead atoms. The molecule has 12 heavy (non-hydrogen) atoms. The largest absolute Gasteiger partial charge is 0.382 e. The molecular formula is C6H7N5O. The van der Waals surface area contributed by atoms with E-state index in [2.05, 4.69) is 15.0 Å². The molecule has 0 fully saturated rings. The molecule has 0 saturated carbocycles. The first-order chi connectivity index (χ1) is 5.83. The highest BCUT2D eigenvalue weighted by Gasteiger charge is 2.05. The molecule has 3 N–H and O–H groups in total. The van der Waals surface area contributed by atoms with Crippen molar-refractivity contribution in [2.75, 3.05) is 5.73 Å². The van der Waals surface area contributed by atoms with Gasteiger partial charge < -0.3 is 15.4 Å². The lowest BCUT2D eigenvalue weighted by Gasteiger charge is -1.98. The average Bonchev–Trinajstić information content (AvgIpc) is 2.49. The van der Waals surface area contributed by atoms with Gasteiger partial charge in [-0.3, -0.25) is 0 Å². The number of nitrogens with two attached hydrogens (primary N) is 1. The lowest BCUT2D eigenvalue weighted by atomic mass is 10.5. The highest BCUT2D eigenvalue weighted by Crippen LogP contribution is 2.13. The second kappa shape index (κ2) is 2.42. The molecule has 62 valence electrons. The predicted molar refractivity (Wildman–Crippen MR) is 42.0 cm³/mol. The summed E-state index contributed by atoms with van der Waals surface area (Å²) in [6.45, 7) is -0.173. The Bertz CT molecular complexity index is 409. The molecular weight excluding hydrogens is 158 g/mol. The van der Waals surface area contributed by atoms with Gasteiger partial charge in [0.15, 0.2) is 11.5 Å². The van der Waals surface area contributed by atoms with Crippen molar-refractivity contribution in [3.8, 4) is 0 Å². The molecule has 0 atom stereocenters. The number of rotatable bonds is 1. The molecule has 0 spiro atoms. The van der Waals surface area contributed by atoms with Gasteiger partial charge in [0.2, 0.25) is 0 Å². The van der Waals surface area contributed by atoms with Crippen molar-refractivity contribution in [2.45, 2.75) is 6.73 Å². The fourth-order valence-electron chi connectivity index (χ4n) is 1.04. The highest BCUT2D eigenvalue weighted by molar-refractivity contribution is 5.81. The molecule has 2 heterocycles. The quantitative estimate of drug-likeness (QED) is 0.586. The Labute approximate surface area is 67.7 Å². The van der Waals surface area contributed by atoms with E-state index in [1.807, 2.05) is 0 Å². The van der Waals surface area contributed by atoms with E-state index < -0.39 is 0 Å². The first-order valence-corrected chi connectivity index (χ1v) is 3.35. The Hall–Kier alpha value is -1.69. The van der Waals surface area contributed by atoms with Crippen LogP contribution in [0.25, 0.3) is 11.2 Å². The van der Waals surface area contributed by atoms with E-state index in [0.29, 0.717) is 17.0 Å². The van der Waals surface area contributed by atoms with Gasteiger partial charge in [0, 0.05) is 0 Å². The Morgan fingerprint density at radius 2 is 2.25 bits per heavy atom. The molecule has 0 unspecified atom stereocenters. The van der Waals surface area contributed by atoms with Crippen LogP contribution >= 0.6 is 0 Å². The molecule has 0 aliphatic heterocycles. The summed E-state index contributed by atoms with van der Waals surface area (Å²) in [5.41, 5.74) is 6.62. The van der Waals surface area contributed by atoms with E-state index >= 15 is 0 Å². The minimum absolute atomic E-state index is 0.173. The van der Waals surface area contributed by atoms with Crippen LogP contribution in [0.15, 0.2) is 12.7 Å². The van der Waals surface area contributed by atoms with Crippen LogP contribution in [0, 0.1) is 0 Å². The zero-order valence-electron chi connectivity index (χ0n) is 6.18. The average molecular weight is 165 g/mol. The number of aromatic nitrogens is 4. The predicted octanol–water partition coefficient (Wildman–Crippen LogP) is -0.642. The summed E-state index contributed by atoms with van der Waals surface area (Å²) in [5, 5.41) is 8.86. The number of aliphatic hydroxyl groups is 1. The second-order valence-corrected chi connectivity index (χ2v) is 2.29. The highest BCUT2D eigenvalue weighted by atomic mass is 16.3. The SMILES string of the molecule is Nc1ncnc2ncn(CO)c12. The maximum absolute atomic E-state index is 8.86. The lowest BCUT2D eigenvalue weighted by Crippen LogP contribution is -1.99. The van der Waals surface area contributed by atoms with Crippen LogP contribution in [-0.4, -0.2) is 24.6 Å². The number of aliphatic hydroxyl groups excluding tert-OH is 1. The van der Waals surface area contributed by atoms with Gasteiger partial charge in [-0.15, -0.1) is 0 Å². The smallest absolute Gasteiger partial charge is 0.183 e. The summed E-state index contributed by atoms with van der Waals surface area (Å²) in [4.78, 5) is 11.6. The fraction of sp³-hybridized carbons (Fsp3) is 0.167. The minimum Gasteiger partial charge on any atom is -0.382 e. The number of fused-ring (bicyclic) bond motifs is 1. The fourth-order valence-corrected chi connectivity index (χ4v) is 1.04. The molecule has 0 aromatic carbocycles. The third kappa shape index (κ3) is 0.817. The zero-order chi connectivity index (χ0) is 8.55. The Balaban J connectivity index is 2.83. The molecule has 6 nitrogen and oxygen atoms in total. The van der Waals surface area contributed by atoms with Gasteiger partial charge in [0.25, 0.3) is 0 Å². The molecule has 6 heteroatoms. The van der Waals surface area contributed by atoms with E-state index in [4.69, 9.17) is 10.8 Å². The van der Waals surface area contributed by atoms with Crippen LogP contribution in [0.1, 0.15) is 0 Å². The van der Waals surface area contributed by atoms with Crippen LogP contribution < -0.4 is 5.73 Å². The number of anilines is 1. The van der Waals surface area contributed by atoms with Crippen molar-refractivity contribution < 1.29 is 5.11 Å². The number of imidazole rings is 1. The summed E-state index contributed by atoms with van der Waals surface area (Å²) < 4.78 is 1.48. The first kappa shape index (κ1) is 6.99. The van der Waals surface area contributed by atoms with Crippen molar-refractivity contribution >= 4 is 17.0 Å². The number of hydrogen-bond donors (Lipinski definition) is 2. The van der Waals surface area contributed by atoms with Crippen LogP contribution in [0.4, 0.5) is 5.82 Å². The number of nitrogen functional groups attached to an aromatic ring is 1. The Morgan fingerprint density at radius 3 is 3.00 bits per heavy atom. The van der Waals surface area contributed by atoms with Gasteiger partial charge in [0.1, 0.15) is 18.6 Å². The molecule has 0 aliphatic rings. The minimum atomic E-state index is -0.173. The van der Waals surface area contributed by atoms with Gasteiger partial charge in [-0.2, -0.15) is 0 Å². The summed E-state index contributed by atoms with van der Waals surface area (Å²) in [5.74, 6) is 0.326. The van der Waals surface area contributed by atoms with Gasteiger partial charge in [-0.25, -0.2) is 15.0 Å². The number of hydrogen-bond acceptors (Lipinski definition) is 5. The monoisotopic (exact) mass is 165 g/mol. The van der Waals surface area contributed by atoms with E-state index in [1.54, 1.807) is 0 Å². The topological polar surface area (TPSA) is 89.9 Å². The summed E-state index contributed by atoms with van der Waals surface area (Å²) in [7, 11) is 0. The summed E-state index contributed by atoms with van der Waals surface area (Å²) in [6, 6.07) is 0. The normalized spacial score (nSPS) is 10.8. The number of nitrogens with zero attached hydrogens (tertiary/aromatic N) is 4. The van der Waals surface area contributed by atoms with Crippen LogP contribution in [0.5, 0.6) is 0 Å². The molecule has 0 amide bonds. The maximum atomic E-state index is 8.86. The molecule has 2 aromatic rings. The van der Waals surface area contributed by atoms with Crippen molar-refractivity contribution in [1.29, 1.82) is 0 Å². The van der Waals surface area contributed by atoms with Crippen molar-refractivity contribution in [3.05, 3.63) is 12.7 Å². The molecule has 0 aliphatic carbocycles. The van der Waals surface area contributed by atoms with Gasteiger partial charge in [0.05, 0.1) is 6.33 Å². The van der Waals surface area contributed by atoms with Crippen molar-refractivity contribution in [3.63, 3.8) is 0 Å². The van der Waals surface area contributed by atoms with Crippen LogP contribution in [0.2, 0.25) is 0 Å². The summed E-state index contributed by atoms with van der Waals surface area (Å²) in [6.07, 6.45) is 2.81. The third-order valence-electron chi connectivity index (χ3n) is 1.59.